The van der Waals surface area contributed by atoms with Crippen LogP contribution in [0, 0.1) is 11.3 Å². The SMILES string of the molecule is CC(C)(C)CCCCCC(=O)O.CC(C)CCCCC(=O)O.[Mn]. The van der Waals surface area contributed by atoms with Crippen molar-refractivity contribution in [1.82, 2.24) is 0 Å². The molecule has 5 heteroatoms. The van der Waals surface area contributed by atoms with Crippen molar-refractivity contribution in [3.05, 3.63) is 0 Å². The Balaban J connectivity index is -0.000000338. The molecule has 0 rings (SSSR count). The predicted octanol–water partition coefficient (Wildman–Crippen LogP) is 5.35. The van der Waals surface area contributed by atoms with Crippen molar-refractivity contribution in [1.29, 1.82) is 0 Å². The van der Waals surface area contributed by atoms with E-state index in [4.69, 9.17) is 10.2 Å². The van der Waals surface area contributed by atoms with Gasteiger partial charge in [0.1, 0.15) is 0 Å². The van der Waals surface area contributed by atoms with E-state index in [9.17, 15) is 9.59 Å². The van der Waals surface area contributed by atoms with Gasteiger partial charge in [-0.3, -0.25) is 9.59 Å². The quantitative estimate of drug-likeness (QED) is 0.401. The van der Waals surface area contributed by atoms with Crippen molar-refractivity contribution in [3.8, 4) is 0 Å². The van der Waals surface area contributed by atoms with Gasteiger partial charge in [0.2, 0.25) is 0 Å². The topological polar surface area (TPSA) is 74.6 Å². The molecule has 0 fully saturated rings. The summed E-state index contributed by atoms with van der Waals surface area (Å²) in [6, 6.07) is 0. The van der Waals surface area contributed by atoms with E-state index in [0.717, 1.165) is 38.5 Å². The number of carboxylic acids is 2. The molecule has 0 saturated heterocycles. The normalized spacial score (nSPS) is 10.5. The van der Waals surface area contributed by atoms with E-state index < -0.39 is 11.9 Å². The summed E-state index contributed by atoms with van der Waals surface area (Å²) in [5, 5.41) is 16.7. The van der Waals surface area contributed by atoms with Gasteiger partial charge < -0.3 is 10.2 Å². The fraction of sp³-hybridized carbons (Fsp3) is 0.889. The van der Waals surface area contributed by atoms with Crippen LogP contribution in [0.5, 0.6) is 0 Å². The Bertz CT molecular complexity index is 296. The van der Waals surface area contributed by atoms with Gasteiger partial charge in [0.15, 0.2) is 0 Å². The molecule has 0 aliphatic rings. The van der Waals surface area contributed by atoms with Crippen molar-refractivity contribution < 1.29 is 36.9 Å². The molecule has 0 aromatic carbocycles. The molecule has 2 N–H and O–H groups in total. The second-order valence-electron chi connectivity index (χ2n) is 7.55. The minimum atomic E-state index is -0.677. The summed E-state index contributed by atoms with van der Waals surface area (Å²) >= 11 is 0. The zero-order valence-corrected chi connectivity index (χ0v) is 16.7. The Hall–Kier alpha value is -0.541. The minimum Gasteiger partial charge on any atom is -0.481 e. The van der Waals surface area contributed by atoms with Crippen molar-refractivity contribution in [2.75, 3.05) is 0 Å². The Morgan fingerprint density at radius 3 is 1.61 bits per heavy atom. The molecular formula is C18H36MnO4. The van der Waals surface area contributed by atoms with E-state index in [-0.39, 0.29) is 17.1 Å². The molecule has 0 unspecified atom stereocenters. The van der Waals surface area contributed by atoms with Crippen LogP contribution in [0.15, 0.2) is 0 Å². The van der Waals surface area contributed by atoms with Crippen molar-refractivity contribution in [3.63, 3.8) is 0 Å². The Morgan fingerprint density at radius 1 is 0.826 bits per heavy atom. The summed E-state index contributed by atoms with van der Waals surface area (Å²) in [5.41, 5.74) is 0.392. The standard InChI is InChI=1S/C10H20O2.C8H16O2.Mn/c1-10(2,3)8-6-4-5-7-9(11)12;1-7(2)5-3-4-6-8(9)10;/h4-8H2,1-3H3,(H,11,12);7H,3-6H2,1-2H3,(H,9,10);. The molecule has 0 aliphatic heterocycles. The fourth-order valence-electron chi connectivity index (χ4n) is 1.94. The average Bonchev–Trinajstić information content (AvgIpc) is 2.33. The zero-order valence-electron chi connectivity index (χ0n) is 15.5. The first kappa shape index (κ1) is 27.3. The van der Waals surface area contributed by atoms with E-state index >= 15 is 0 Å². The van der Waals surface area contributed by atoms with E-state index in [1.165, 1.54) is 6.42 Å². The summed E-state index contributed by atoms with van der Waals surface area (Å²) < 4.78 is 0. The molecule has 0 aromatic rings. The van der Waals surface area contributed by atoms with Crippen LogP contribution in [-0.2, 0) is 26.7 Å². The maximum atomic E-state index is 10.2. The van der Waals surface area contributed by atoms with Crippen LogP contribution in [0.1, 0.15) is 92.4 Å². The Labute approximate surface area is 152 Å². The first-order valence-corrected chi connectivity index (χ1v) is 8.48. The molecule has 0 aromatic heterocycles. The first-order valence-electron chi connectivity index (χ1n) is 8.48. The second kappa shape index (κ2) is 16.3. The average molecular weight is 371 g/mol. The maximum Gasteiger partial charge on any atom is 0.303 e. The van der Waals surface area contributed by atoms with E-state index in [1.807, 2.05) is 0 Å². The summed E-state index contributed by atoms with van der Waals surface area (Å²) in [5.74, 6) is -0.650. The van der Waals surface area contributed by atoms with Gasteiger partial charge in [0, 0.05) is 29.9 Å². The van der Waals surface area contributed by atoms with Crippen LogP contribution in [-0.4, -0.2) is 22.2 Å². The third kappa shape index (κ3) is 34.0. The third-order valence-electron chi connectivity index (χ3n) is 3.24. The molecule has 0 atom stereocenters. The van der Waals surface area contributed by atoms with Crippen LogP contribution in [0.25, 0.3) is 0 Å². The molecule has 0 aliphatic carbocycles. The number of rotatable bonds is 10. The second-order valence-corrected chi connectivity index (χ2v) is 7.55. The molecule has 0 bridgehead atoms. The number of hydrogen-bond acceptors (Lipinski definition) is 2. The number of carbonyl (C=O) groups is 2. The van der Waals surface area contributed by atoms with Crippen molar-refractivity contribution in [2.24, 2.45) is 11.3 Å². The number of hydrogen-bond donors (Lipinski definition) is 2. The van der Waals surface area contributed by atoms with Gasteiger partial charge in [-0.25, -0.2) is 0 Å². The molecule has 139 valence electrons. The summed E-state index contributed by atoms with van der Waals surface area (Å²) in [7, 11) is 0. The number of carboxylic acid groups (broad SMARTS) is 2. The zero-order chi connectivity index (χ0) is 17.6. The van der Waals surface area contributed by atoms with E-state index in [1.54, 1.807) is 0 Å². The van der Waals surface area contributed by atoms with Crippen molar-refractivity contribution >= 4 is 11.9 Å². The fourth-order valence-corrected chi connectivity index (χ4v) is 1.94. The predicted molar refractivity (Wildman–Crippen MR) is 91.1 cm³/mol. The van der Waals surface area contributed by atoms with Gasteiger partial charge >= 0.3 is 11.9 Å². The van der Waals surface area contributed by atoms with Gasteiger partial charge in [-0.2, -0.15) is 0 Å². The summed E-state index contributed by atoms with van der Waals surface area (Å²) in [6.45, 7) is 10.9. The number of aliphatic carboxylic acids is 2. The first-order chi connectivity index (χ1) is 10.0. The van der Waals surface area contributed by atoms with E-state index in [0.29, 0.717) is 24.2 Å². The Morgan fingerprint density at radius 2 is 1.26 bits per heavy atom. The molecule has 0 heterocycles. The van der Waals surface area contributed by atoms with Crippen molar-refractivity contribution in [2.45, 2.75) is 92.4 Å². The van der Waals surface area contributed by atoms with Gasteiger partial charge in [-0.15, -0.1) is 0 Å². The number of unbranched alkanes of at least 4 members (excludes halogenated alkanes) is 3. The monoisotopic (exact) mass is 371 g/mol. The van der Waals surface area contributed by atoms with Crippen LogP contribution in [0.3, 0.4) is 0 Å². The molecule has 1 radical (unpaired) electrons. The molecule has 0 amide bonds. The van der Waals surface area contributed by atoms with Crippen LogP contribution in [0.4, 0.5) is 0 Å². The third-order valence-corrected chi connectivity index (χ3v) is 3.24. The van der Waals surface area contributed by atoms with Crippen LogP contribution < -0.4 is 0 Å². The summed E-state index contributed by atoms with van der Waals surface area (Å²) in [6.07, 6.45) is 7.88. The Kier molecular flexibility index (Phi) is 19.4. The molecule has 0 saturated carbocycles. The minimum absolute atomic E-state index is 0. The van der Waals surface area contributed by atoms with E-state index in [2.05, 4.69) is 34.6 Å². The smallest absolute Gasteiger partial charge is 0.303 e. The summed E-state index contributed by atoms with van der Waals surface area (Å²) in [4.78, 5) is 20.2. The van der Waals surface area contributed by atoms with Gasteiger partial charge in [0.05, 0.1) is 0 Å². The largest absolute Gasteiger partial charge is 0.481 e. The van der Waals surface area contributed by atoms with Crippen LogP contribution in [0.2, 0.25) is 0 Å². The molecular weight excluding hydrogens is 335 g/mol. The maximum absolute atomic E-state index is 10.2. The van der Waals surface area contributed by atoms with Crippen LogP contribution >= 0.6 is 0 Å². The molecule has 4 nitrogen and oxygen atoms in total. The molecule has 23 heavy (non-hydrogen) atoms. The van der Waals surface area contributed by atoms with Gasteiger partial charge in [0.25, 0.3) is 0 Å². The molecule has 0 spiro atoms. The van der Waals surface area contributed by atoms with Gasteiger partial charge in [-0.05, 0) is 30.6 Å². The van der Waals surface area contributed by atoms with Gasteiger partial charge in [-0.1, -0.05) is 60.3 Å².